The maximum atomic E-state index is 6.13. The van der Waals surface area contributed by atoms with Crippen LogP contribution in [0.25, 0.3) is 102 Å². The molecule has 7 aromatic carbocycles. The van der Waals surface area contributed by atoms with Gasteiger partial charge in [0.15, 0.2) is 0 Å². The van der Waals surface area contributed by atoms with Gasteiger partial charge in [-0.05, 0) is 95.8 Å². The lowest BCUT2D eigenvalue weighted by Gasteiger charge is -2.12. The van der Waals surface area contributed by atoms with E-state index in [1.54, 1.807) is 0 Å². The fraction of sp³-hybridized carbons (Fsp3) is 0.0417. The predicted octanol–water partition coefficient (Wildman–Crippen LogP) is 12.7. The number of hydrogen-bond acceptors (Lipinski definition) is 3. The number of aromatic nitrogens is 1. The second-order valence-corrected chi connectivity index (χ2v) is 16.1. The van der Waals surface area contributed by atoms with Gasteiger partial charge in [0.25, 0.3) is 0 Å². The van der Waals surface area contributed by atoms with E-state index in [9.17, 15) is 0 Å². The van der Waals surface area contributed by atoms with E-state index in [-0.39, 0.29) is 0 Å². The lowest BCUT2D eigenvalue weighted by atomic mass is 9.92. The van der Waals surface area contributed by atoms with Gasteiger partial charge in [-0.1, -0.05) is 91.0 Å². The van der Waals surface area contributed by atoms with Gasteiger partial charge in [-0.2, -0.15) is 0 Å². The number of hydrogen-bond donors (Lipinski definition) is 0. The first-order valence-corrected chi connectivity index (χ1v) is 19.5. The Morgan fingerprint density at radius 3 is 2.19 bits per heavy atom. The maximum Gasteiger partial charge on any atom is 0.135 e. The highest BCUT2D eigenvalue weighted by Gasteiger charge is 2.19. The molecule has 2 nitrogen and oxygen atoms in total. The van der Waals surface area contributed by atoms with E-state index >= 15 is 0 Å². The van der Waals surface area contributed by atoms with Crippen LogP contribution in [-0.4, -0.2) is 4.57 Å². The van der Waals surface area contributed by atoms with Crippen molar-refractivity contribution in [1.29, 1.82) is 0 Å². The van der Waals surface area contributed by atoms with E-state index in [4.69, 9.17) is 4.42 Å². The van der Waals surface area contributed by atoms with Crippen molar-refractivity contribution in [3.05, 3.63) is 161 Å². The molecule has 1 aliphatic rings. The first-order valence-electron chi connectivity index (χ1n) is 17.9. The molecule has 0 N–H and O–H groups in total. The van der Waals surface area contributed by atoms with E-state index in [0.717, 1.165) is 34.8 Å². The minimum Gasteiger partial charge on any atom is -0.456 e. The standard InChI is InChI=1S/C48H29NOS2/c1-4-14-39-31(9-1)37-25-28(29-20-24-42-38(26-29)32-10-2-5-15-41(32)50-42)19-23-40(37)49(39)30-21-22-36-46(27-30)52-45-18-8-13-34(48(36)45)33-12-7-17-44-47(33)35-11-3-6-16-43(35)51-44/h1-7,9-12,14-27H,8,13H2. The van der Waals surface area contributed by atoms with E-state index in [1.807, 2.05) is 34.8 Å². The first kappa shape index (κ1) is 28.7. The van der Waals surface area contributed by atoms with E-state index in [0.29, 0.717) is 0 Å². The van der Waals surface area contributed by atoms with Gasteiger partial charge in [-0.25, -0.2) is 0 Å². The molecule has 11 aromatic rings. The molecule has 0 aliphatic heterocycles. The van der Waals surface area contributed by atoms with Crippen molar-refractivity contribution < 1.29 is 4.42 Å². The smallest absolute Gasteiger partial charge is 0.135 e. The molecule has 12 rings (SSSR count). The fourth-order valence-corrected chi connectivity index (χ4v) is 11.2. The number of benzene rings is 7. The van der Waals surface area contributed by atoms with Crippen molar-refractivity contribution >= 4 is 108 Å². The lowest BCUT2D eigenvalue weighted by Crippen LogP contribution is -2.25. The highest BCUT2D eigenvalue weighted by Crippen LogP contribution is 2.40. The summed E-state index contributed by atoms with van der Waals surface area (Å²) in [5.74, 6) is 0. The summed E-state index contributed by atoms with van der Waals surface area (Å²) >= 11 is 3.84. The number of furan rings is 1. The van der Waals surface area contributed by atoms with Crippen LogP contribution in [0.3, 0.4) is 0 Å². The first-order chi connectivity index (χ1) is 25.8. The maximum absolute atomic E-state index is 6.13. The van der Waals surface area contributed by atoms with Gasteiger partial charge in [0.05, 0.1) is 11.0 Å². The van der Waals surface area contributed by atoms with Crippen LogP contribution in [0.4, 0.5) is 0 Å². The van der Waals surface area contributed by atoms with Crippen LogP contribution in [0.5, 0.6) is 0 Å². The van der Waals surface area contributed by atoms with Crippen LogP contribution in [0, 0.1) is 0 Å². The molecule has 244 valence electrons. The monoisotopic (exact) mass is 699 g/mol. The number of nitrogens with zero attached hydrogens (tertiary/aromatic N) is 1. The molecule has 0 fully saturated rings. The Kier molecular flexibility index (Phi) is 5.96. The molecule has 0 amide bonds. The molecule has 0 saturated carbocycles. The molecule has 4 heterocycles. The highest BCUT2D eigenvalue weighted by molar-refractivity contribution is 7.25. The molecule has 0 bridgehead atoms. The van der Waals surface area contributed by atoms with Gasteiger partial charge in [-0.15, -0.1) is 22.7 Å². The molecule has 1 aliphatic carbocycles. The molecule has 0 saturated heterocycles. The molecule has 0 unspecified atom stereocenters. The summed E-state index contributed by atoms with van der Waals surface area (Å²) in [6, 6.07) is 53.5. The van der Waals surface area contributed by atoms with Crippen LogP contribution in [0.15, 0.2) is 150 Å². The minimum absolute atomic E-state index is 0.924. The number of thiophene rings is 2. The summed E-state index contributed by atoms with van der Waals surface area (Å²) < 4.78 is 14.1. The average molecular weight is 700 g/mol. The van der Waals surface area contributed by atoms with Gasteiger partial charge in [-0.3, -0.25) is 0 Å². The zero-order valence-corrected chi connectivity index (χ0v) is 29.7. The van der Waals surface area contributed by atoms with Gasteiger partial charge in [0.1, 0.15) is 11.2 Å². The summed E-state index contributed by atoms with van der Waals surface area (Å²) in [7, 11) is 0. The summed E-state index contributed by atoms with van der Waals surface area (Å²) in [6.07, 6.45) is 4.59. The van der Waals surface area contributed by atoms with Crippen molar-refractivity contribution in [3.8, 4) is 16.8 Å². The predicted molar refractivity (Wildman–Crippen MR) is 224 cm³/mol. The van der Waals surface area contributed by atoms with E-state index in [1.165, 1.54) is 89.8 Å². The van der Waals surface area contributed by atoms with Crippen LogP contribution in [0.2, 0.25) is 0 Å². The van der Waals surface area contributed by atoms with Crippen molar-refractivity contribution in [2.75, 3.05) is 0 Å². The van der Waals surface area contributed by atoms with E-state index in [2.05, 4.69) is 144 Å². The topological polar surface area (TPSA) is 18.1 Å². The van der Waals surface area contributed by atoms with Crippen LogP contribution >= 0.6 is 22.7 Å². The second kappa shape index (κ2) is 10.8. The van der Waals surface area contributed by atoms with Crippen molar-refractivity contribution in [1.82, 2.24) is 4.57 Å². The molecule has 0 atom stereocenters. The Balaban J connectivity index is 1.04. The number of rotatable bonds is 3. The van der Waals surface area contributed by atoms with Crippen LogP contribution in [0.1, 0.15) is 18.4 Å². The van der Waals surface area contributed by atoms with E-state index < -0.39 is 0 Å². The Morgan fingerprint density at radius 2 is 1.25 bits per heavy atom. The van der Waals surface area contributed by atoms with Gasteiger partial charge >= 0.3 is 0 Å². The van der Waals surface area contributed by atoms with Crippen molar-refractivity contribution in [3.63, 3.8) is 0 Å². The normalized spacial score (nSPS) is 13.3. The molecule has 0 spiro atoms. The fourth-order valence-electron chi connectivity index (χ4n) is 8.80. The second-order valence-electron chi connectivity index (χ2n) is 13.9. The Morgan fingerprint density at radius 1 is 0.500 bits per heavy atom. The SMILES string of the molecule is C1=c2sc3cc(-n4c5ccccc5c5cc(-c6ccc7oc8ccccc8c7c6)ccc54)ccc3c2=C(c2cccc3sc4ccccc4c23)CC1. The minimum atomic E-state index is 0.924. The third-order valence-electron chi connectivity index (χ3n) is 11.1. The van der Waals surface area contributed by atoms with Crippen LogP contribution in [-0.2, 0) is 0 Å². The largest absolute Gasteiger partial charge is 0.456 e. The molecule has 4 heteroatoms. The average Bonchev–Trinajstić information content (AvgIpc) is 3.95. The van der Waals surface area contributed by atoms with Crippen molar-refractivity contribution in [2.45, 2.75) is 12.8 Å². The number of para-hydroxylation sites is 2. The number of fused-ring (bicyclic) bond motifs is 12. The summed E-state index contributed by atoms with van der Waals surface area (Å²) in [6.45, 7) is 0. The molecular weight excluding hydrogens is 671 g/mol. The zero-order chi connectivity index (χ0) is 33.9. The Bertz CT molecular complexity index is 3420. The van der Waals surface area contributed by atoms with Crippen molar-refractivity contribution in [2.24, 2.45) is 0 Å². The van der Waals surface area contributed by atoms with Gasteiger partial charge < -0.3 is 8.98 Å². The Labute approximate surface area is 306 Å². The molecule has 4 aromatic heterocycles. The zero-order valence-electron chi connectivity index (χ0n) is 28.0. The highest BCUT2D eigenvalue weighted by atomic mass is 32.1. The van der Waals surface area contributed by atoms with Gasteiger partial charge in [0.2, 0.25) is 0 Å². The lowest BCUT2D eigenvalue weighted by molar-refractivity contribution is 0.669. The van der Waals surface area contributed by atoms with Crippen LogP contribution < -0.4 is 9.75 Å². The Hall–Kier alpha value is -5.94. The quantitative estimate of drug-likeness (QED) is 0.180. The summed E-state index contributed by atoms with van der Waals surface area (Å²) in [5, 5.41) is 10.4. The molecule has 0 radical (unpaired) electrons. The summed E-state index contributed by atoms with van der Waals surface area (Å²) in [5.41, 5.74) is 10.8. The third-order valence-corrected chi connectivity index (χ3v) is 13.4. The third kappa shape index (κ3) is 4.05. The summed E-state index contributed by atoms with van der Waals surface area (Å²) in [4.78, 5) is 0. The molecular formula is C48H29NOS2. The van der Waals surface area contributed by atoms with Gasteiger partial charge in [0, 0.05) is 67.2 Å². The molecule has 52 heavy (non-hydrogen) atoms.